The van der Waals surface area contributed by atoms with Crippen LogP contribution in [-0.4, -0.2) is 41.3 Å². The average molecular weight is 523 g/mol. The number of hydrogen-bond donors (Lipinski definition) is 2. The Labute approximate surface area is 223 Å². The lowest BCUT2D eigenvalue weighted by Crippen LogP contribution is -2.09. The number of nitrogens with zero attached hydrogens (tertiary/aromatic N) is 5. The number of thiazole rings is 1. The second-order valence-electron chi connectivity index (χ2n) is 9.25. The Hall–Kier alpha value is -4.37. The molecule has 9 heteroatoms. The molecule has 6 rings (SSSR count). The topological polar surface area (TPSA) is 110 Å². The minimum absolute atomic E-state index is 0.298. The first kappa shape index (κ1) is 24.0. The molecule has 3 aromatic carbocycles. The van der Waals surface area contributed by atoms with E-state index >= 15 is 0 Å². The summed E-state index contributed by atoms with van der Waals surface area (Å²) in [6.45, 7) is 0.670. The first-order valence-electron chi connectivity index (χ1n) is 12.6. The van der Waals surface area contributed by atoms with Crippen molar-refractivity contribution >= 4 is 38.4 Å². The Bertz CT molecular complexity index is 1670. The molecule has 0 aliphatic rings. The summed E-state index contributed by atoms with van der Waals surface area (Å²) in [6.07, 6.45) is 3.91. The number of carboxylic acids is 1. The number of benzene rings is 3. The summed E-state index contributed by atoms with van der Waals surface area (Å²) in [5, 5.41) is 26.3. The van der Waals surface area contributed by atoms with E-state index in [1.807, 2.05) is 30.3 Å². The Morgan fingerprint density at radius 1 is 0.921 bits per heavy atom. The van der Waals surface area contributed by atoms with Crippen LogP contribution in [0.25, 0.3) is 21.1 Å². The molecule has 190 valence electrons. The van der Waals surface area contributed by atoms with E-state index in [0.29, 0.717) is 24.4 Å². The number of aromatic nitrogens is 6. The van der Waals surface area contributed by atoms with Crippen molar-refractivity contribution < 1.29 is 9.90 Å². The second-order valence-corrected chi connectivity index (χ2v) is 10.4. The molecule has 0 radical (unpaired) electrons. The van der Waals surface area contributed by atoms with Gasteiger partial charge in [0.1, 0.15) is 0 Å². The highest BCUT2D eigenvalue weighted by molar-refractivity contribution is 7.18. The van der Waals surface area contributed by atoms with Crippen molar-refractivity contribution in [2.75, 3.05) is 0 Å². The van der Waals surface area contributed by atoms with Crippen LogP contribution in [0.1, 0.15) is 38.0 Å². The number of carboxylic acid groups (broad SMARTS) is 1. The highest BCUT2D eigenvalue weighted by Gasteiger charge is 2.20. The largest absolute Gasteiger partial charge is 0.478 e. The fraction of sp³-hybridized carbons (Fsp3) is 0.207. The lowest BCUT2D eigenvalue weighted by Gasteiger charge is -2.12. The van der Waals surface area contributed by atoms with E-state index < -0.39 is 5.97 Å². The van der Waals surface area contributed by atoms with Gasteiger partial charge in [0, 0.05) is 36.0 Å². The zero-order chi connectivity index (χ0) is 25.9. The zero-order valence-corrected chi connectivity index (χ0v) is 21.5. The lowest BCUT2D eigenvalue weighted by atomic mass is 9.99. The normalized spacial score (nSPS) is 11.5. The van der Waals surface area contributed by atoms with E-state index in [4.69, 9.17) is 4.98 Å². The lowest BCUT2D eigenvalue weighted by molar-refractivity contribution is 0.0697. The van der Waals surface area contributed by atoms with Gasteiger partial charge in [-0.15, -0.1) is 21.5 Å². The van der Waals surface area contributed by atoms with Crippen molar-refractivity contribution in [2.24, 2.45) is 0 Å². The van der Waals surface area contributed by atoms with Crippen LogP contribution >= 0.6 is 11.3 Å². The van der Waals surface area contributed by atoms with Crippen LogP contribution in [0, 0.1) is 0 Å². The van der Waals surface area contributed by atoms with Gasteiger partial charge in [-0.05, 0) is 60.7 Å². The number of carbonyl (C=O) groups is 1. The Morgan fingerprint density at radius 2 is 1.76 bits per heavy atom. The summed E-state index contributed by atoms with van der Waals surface area (Å²) >= 11 is 1.73. The highest BCUT2D eigenvalue weighted by atomic mass is 32.1. The summed E-state index contributed by atoms with van der Waals surface area (Å²) in [7, 11) is 0. The van der Waals surface area contributed by atoms with E-state index in [9.17, 15) is 9.90 Å². The van der Waals surface area contributed by atoms with Gasteiger partial charge >= 0.3 is 5.97 Å². The van der Waals surface area contributed by atoms with E-state index in [1.165, 1.54) is 21.5 Å². The molecule has 0 saturated heterocycles. The van der Waals surface area contributed by atoms with Crippen molar-refractivity contribution in [1.29, 1.82) is 0 Å². The van der Waals surface area contributed by atoms with Crippen LogP contribution < -0.4 is 0 Å². The molecule has 0 aliphatic carbocycles. The maximum absolute atomic E-state index is 11.9. The minimum atomic E-state index is -0.920. The molecule has 0 aliphatic heterocycles. The van der Waals surface area contributed by atoms with Gasteiger partial charge in [-0.25, -0.2) is 9.78 Å². The molecule has 3 aromatic heterocycles. The second kappa shape index (κ2) is 10.5. The smallest absolute Gasteiger partial charge is 0.335 e. The predicted octanol–water partition coefficient (Wildman–Crippen LogP) is 5.28. The molecule has 0 bridgehead atoms. The molecule has 38 heavy (non-hydrogen) atoms. The van der Waals surface area contributed by atoms with Gasteiger partial charge in [-0.2, -0.15) is 5.21 Å². The number of rotatable bonds is 10. The van der Waals surface area contributed by atoms with Crippen molar-refractivity contribution in [2.45, 2.75) is 38.6 Å². The standard InChI is InChI=1S/C29H26N6O2S/c36-29(37)20-11-13-25-22(18-20)21(12-10-19-6-2-1-3-7-19)24(35(25)17-16-27-31-33-34-32-27)14-15-28-30-23-8-4-5-9-26(23)38-28/h1-9,11,13,18H,10,12,14-17H2,(H,36,37)(H,31,32,33,34). The molecule has 2 N–H and O–H groups in total. The predicted molar refractivity (Wildman–Crippen MR) is 148 cm³/mol. The van der Waals surface area contributed by atoms with Crippen molar-refractivity contribution in [3.8, 4) is 0 Å². The molecule has 0 spiro atoms. The highest BCUT2D eigenvalue weighted by Crippen LogP contribution is 2.31. The number of tetrazole rings is 1. The van der Waals surface area contributed by atoms with Crippen LogP contribution in [0.3, 0.4) is 0 Å². The van der Waals surface area contributed by atoms with Gasteiger partial charge in [0.15, 0.2) is 5.82 Å². The molecular formula is C29H26N6O2S. The number of H-pyrrole nitrogens is 1. The van der Waals surface area contributed by atoms with E-state index in [1.54, 1.807) is 17.4 Å². The number of nitrogens with one attached hydrogen (secondary N) is 1. The van der Waals surface area contributed by atoms with Crippen LogP contribution in [0.5, 0.6) is 0 Å². The monoisotopic (exact) mass is 522 g/mol. The third-order valence-electron chi connectivity index (χ3n) is 6.90. The number of aromatic carboxylic acids is 1. The SMILES string of the molecule is O=C(O)c1ccc2c(c1)c(CCc1ccccc1)c(CCc1nc3ccccc3s1)n2CCc1nn[nH]n1. The van der Waals surface area contributed by atoms with E-state index in [2.05, 4.69) is 61.6 Å². The van der Waals surface area contributed by atoms with E-state index in [-0.39, 0.29) is 0 Å². The summed E-state index contributed by atoms with van der Waals surface area (Å²) < 4.78 is 3.50. The Kier molecular flexibility index (Phi) is 6.66. The zero-order valence-electron chi connectivity index (χ0n) is 20.7. The average Bonchev–Trinajstić information content (AvgIpc) is 3.67. The summed E-state index contributed by atoms with van der Waals surface area (Å²) in [4.78, 5) is 16.7. The molecule has 6 aromatic rings. The Balaban J connectivity index is 1.41. The summed E-state index contributed by atoms with van der Waals surface area (Å²) in [6, 6.07) is 24.1. The van der Waals surface area contributed by atoms with Crippen molar-refractivity contribution in [1.82, 2.24) is 30.2 Å². The third-order valence-corrected chi connectivity index (χ3v) is 8.00. The van der Waals surface area contributed by atoms with Gasteiger partial charge in [0.2, 0.25) is 0 Å². The number of fused-ring (bicyclic) bond motifs is 2. The fourth-order valence-corrected chi connectivity index (χ4v) is 6.06. The third kappa shape index (κ3) is 4.92. The number of aryl methyl sites for hydroxylation is 5. The minimum Gasteiger partial charge on any atom is -0.478 e. The van der Waals surface area contributed by atoms with Crippen LogP contribution in [0.2, 0.25) is 0 Å². The first-order valence-corrected chi connectivity index (χ1v) is 13.5. The molecule has 0 fully saturated rings. The number of aromatic amines is 1. The quantitative estimate of drug-likeness (QED) is 0.253. The van der Waals surface area contributed by atoms with Gasteiger partial charge < -0.3 is 9.67 Å². The molecule has 0 unspecified atom stereocenters. The Morgan fingerprint density at radius 3 is 2.55 bits per heavy atom. The van der Waals surface area contributed by atoms with Gasteiger partial charge in [0.05, 0.1) is 20.8 Å². The molecular weight excluding hydrogens is 496 g/mol. The van der Waals surface area contributed by atoms with Crippen LogP contribution in [0.4, 0.5) is 0 Å². The maximum atomic E-state index is 11.9. The van der Waals surface area contributed by atoms with Gasteiger partial charge in [-0.3, -0.25) is 0 Å². The van der Waals surface area contributed by atoms with Crippen LogP contribution in [-0.2, 0) is 38.6 Å². The van der Waals surface area contributed by atoms with Gasteiger partial charge in [0.25, 0.3) is 0 Å². The first-order chi connectivity index (χ1) is 18.7. The number of para-hydroxylation sites is 1. The molecule has 0 atom stereocenters. The number of hydrogen-bond acceptors (Lipinski definition) is 6. The summed E-state index contributed by atoms with van der Waals surface area (Å²) in [5.74, 6) is -0.270. The van der Waals surface area contributed by atoms with E-state index in [0.717, 1.165) is 47.1 Å². The van der Waals surface area contributed by atoms with Crippen molar-refractivity contribution in [3.05, 3.63) is 106 Å². The maximum Gasteiger partial charge on any atom is 0.335 e. The molecule has 0 saturated carbocycles. The summed E-state index contributed by atoms with van der Waals surface area (Å²) in [5.41, 5.74) is 6.02. The van der Waals surface area contributed by atoms with Crippen molar-refractivity contribution in [3.63, 3.8) is 0 Å². The van der Waals surface area contributed by atoms with Crippen LogP contribution in [0.15, 0.2) is 72.8 Å². The molecule has 0 amide bonds. The molecule has 3 heterocycles. The molecule has 8 nitrogen and oxygen atoms in total. The van der Waals surface area contributed by atoms with Gasteiger partial charge in [-0.1, -0.05) is 47.7 Å². The fourth-order valence-electron chi connectivity index (χ4n) is 5.10.